The molecule has 2 aromatic heterocycles. The Balaban J connectivity index is 1.39. The molecule has 0 spiro atoms. The molecule has 0 saturated carbocycles. The molecule has 0 amide bonds. The number of rotatable bonds is 5. The molecule has 2 aliphatic rings. The minimum absolute atomic E-state index is 0.149. The summed E-state index contributed by atoms with van der Waals surface area (Å²) in [7, 11) is 1.64. The van der Waals surface area contributed by atoms with Crippen LogP contribution in [0.2, 0.25) is 0 Å². The van der Waals surface area contributed by atoms with Crippen LogP contribution >= 0.6 is 11.3 Å². The summed E-state index contributed by atoms with van der Waals surface area (Å²) >= 11 is 1.32. The monoisotopic (exact) mass is 560 g/mol. The summed E-state index contributed by atoms with van der Waals surface area (Å²) in [6, 6.07) is 26.0. The SMILES string of the molecule is COc1ccc(C2C3=C(N=c4s/c(=C\c5ccc(-c6ccccc6C(=O)O)o5)c(=O)n42)c2ccccc2CC3)cc1. The highest BCUT2D eigenvalue weighted by molar-refractivity contribution is 7.07. The molecule has 202 valence electrons. The van der Waals surface area contributed by atoms with Crippen molar-refractivity contribution in [1.29, 1.82) is 0 Å². The van der Waals surface area contributed by atoms with Gasteiger partial charge in [-0.3, -0.25) is 9.36 Å². The molecule has 5 aromatic rings. The summed E-state index contributed by atoms with van der Waals surface area (Å²) in [5, 5.41) is 9.58. The maximum absolute atomic E-state index is 14.0. The van der Waals surface area contributed by atoms with Crippen LogP contribution in [0.5, 0.6) is 5.75 Å². The van der Waals surface area contributed by atoms with Crippen LogP contribution in [0.25, 0.3) is 23.1 Å². The first-order chi connectivity index (χ1) is 20.0. The predicted molar refractivity (Wildman–Crippen MR) is 157 cm³/mol. The highest BCUT2D eigenvalue weighted by Crippen LogP contribution is 2.41. The molecule has 41 heavy (non-hydrogen) atoms. The fraction of sp³-hybridized carbons (Fsp3) is 0.121. The van der Waals surface area contributed by atoms with Gasteiger partial charge < -0.3 is 14.3 Å². The van der Waals surface area contributed by atoms with Gasteiger partial charge in [-0.25, -0.2) is 9.79 Å². The van der Waals surface area contributed by atoms with Crippen LogP contribution in [0.3, 0.4) is 0 Å². The number of fused-ring (bicyclic) bond motifs is 3. The van der Waals surface area contributed by atoms with Crippen LogP contribution in [-0.4, -0.2) is 22.8 Å². The van der Waals surface area contributed by atoms with E-state index in [4.69, 9.17) is 14.1 Å². The second-order valence-corrected chi connectivity index (χ2v) is 10.9. The van der Waals surface area contributed by atoms with Crippen molar-refractivity contribution in [3.05, 3.63) is 138 Å². The minimum atomic E-state index is -1.03. The lowest BCUT2D eigenvalue weighted by molar-refractivity contribution is 0.0697. The summed E-state index contributed by atoms with van der Waals surface area (Å²) in [5.41, 5.74) is 5.90. The zero-order valence-electron chi connectivity index (χ0n) is 22.0. The van der Waals surface area contributed by atoms with E-state index in [0.29, 0.717) is 26.4 Å². The van der Waals surface area contributed by atoms with E-state index in [1.807, 2.05) is 30.3 Å². The zero-order chi connectivity index (χ0) is 28.1. The number of hydrogen-bond donors (Lipinski definition) is 1. The minimum Gasteiger partial charge on any atom is -0.497 e. The van der Waals surface area contributed by atoms with Crippen LogP contribution in [0, 0.1) is 0 Å². The second-order valence-electron chi connectivity index (χ2n) is 9.94. The number of carboxylic acids is 1. The van der Waals surface area contributed by atoms with E-state index in [1.54, 1.807) is 48.1 Å². The first-order valence-electron chi connectivity index (χ1n) is 13.2. The molecule has 7 nitrogen and oxygen atoms in total. The van der Waals surface area contributed by atoms with Crippen molar-refractivity contribution in [1.82, 2.24) is 4.57 Å². The molecule has 1 atom stereocenters. The van der Waals surface area contributed by atoms with Gasteiger partial charge in [0, 0.05) is 17.2 Å². The lowest BCUT2D eigenvalue weighted by Gasteiger charge is -2.30. The van der Waals surface area contributed by atoms with Gasteiger partial charge in [0.15, 0.2) is 4.80 Å². The number of carboxylic acid groups (broad SMARTS) is 1. The topological polar surface area (TPSA) is 94.0 Å². The van der Waals surface area contributed by atoms with Crippen molar-refractivity contribution < 1.29 is 19.1 Å². The summed E-state index contributed by atoms with van der Waals surface area (Å²) in [6.45, 7) is 0. The number of aromatic nitrogens is 1. The Morgan fingerprint density at radius 2 is 1.76 bits per heavy atom. The zero-order valence-corrected chi connectivity index (χ0v) is 22.9. The van der Waals surface area contributed by atoms with Gasteiger partial charge in [0.1, 0.15) is 17.3 Å². The van der Waals surface area contributed by atoms with Crippen LogP contribution in [-0.2, 0) is 6.42 Å². The molecule has 1 unspecified atom stereocenters. The number of ether oxygens (including phenoxy) is 1. The maximum atomic E-state index is 14.0. The Hall–Kier alpha value is -4.95. The molecule has 0 fully saturated rings. The molecule has 7 rings (SSSR count). The number of nitrogens with zero attached hydrogens (tertiary/aromatic N) is 2. The lowest BCUT2D eigenvalue weighted by atomic mass is 9.83. The third-order valence-electron chi connectivity index (χ3n) is 7.63. The average Bonchev–Trinajstić information content (AvgIpc) is 3.60. The maximum Gasteiger partial charge on any atom is 0.336 e. The molecule has 0 bridgehead atoms. The third-order valence-corrected chi connectivity index (χ3v) is 8.61. The van der Waals surface area contributed by atoms with Gasteiger partial charge >= 0.3 is 5.97 Å². The quantitative estimate of drug-likeness (QED) is 0.316. The van der Waals surface area contributed by atoms with Crippen LogP contribution in [0.1, 0.15) is 45.3 Å². The molecule has 0 radical (unpaired) electrons. The lowest BCUT2D eigenvalue weighted by Crippen LogP contribution is -2.38. The summed E-state index contributed by atoms with van der Waals surface area (Å²) < 4.78 is 13.7. The molecule has 8 heteroatoms. The Labute approximate surface area is 238 Å². The molecule has 1 aliphatic heterocycles. The number of furan rings is 1. The smallest absolute Gasteiger partial charge is 0.336 e. The Bertz CT molecular complexity index is 2050. The Kier molecular flexibility index (Phi) is 6.05. The number of allylic oxidation sites excluding steroid dienone is 1. The molecule has 3 aromatic carbocycles. The summed E-state index contributed by atoms with van der Waals surface area (Å²) in [5.74, 6) is 0.601. The molecular weight excluding hydrogens is 536 g/mol. The molecule has 1 aliphatic carbocycles. The van der Waals surface area contributed by atoms with Gasteiger partial charge in [0.2, 0.25) is 0 Å². The van der Waals surface area contributed by atoms with Gasteiger partial charge in [-0.15, -0.1) is 0 Å². The number of aromatic carboxylic acids is 1. The van der Waals surface area contributed by atoms with E-state index in [0.717, 1.165) is 41.0 Å². The van der Waals surface area contributed by atoms with Crippen LogP contribution in [0.4, 0.5) is 0 Å². The second kappa shape index (κ2) is 9.91. The molecule has 1 N–H and O–H groups in total. The van der Waals surface area contributed by atoms with E-state index >= 15 is 0 Å². The number of aryl methyl sites for hydroxylation is 1. The fourth-order valence-corrected chi connectivity index (χ4v) is 6.68. The van der Waals surface area contributed by atoms with Gasteiger partial charge in [0.05, 0.1) is 28.9 Å². The number of carbonyl (C=O) groups is 1. The van der Waals surface area contributed by atoms with Crippen molar-refractivity contribution in [3.8, 4) is 17.1 Å². The van der Waals surface area contributed by atoms with E-state index in [1.165, 1.54) is 23.0 Å². The first-order valence-corrected chi connectivity index (χ1v) is 14.0. The van der Waals surface area contributed by atoms with Crippen LogP contribution < -0.4 is 19.6 Å². The predicted octanol–water partition coefficient (Wildman–Crippen LogP) is 5.29. The molecule has 3 heterocycles. The molecular formula is C33H24N2O5S. The summed E-state index contributed by atoms with van der Waals surface area (Å²) in [6.07, 6.45) is 3.40. The van der Waals surface area contributed by atoms with Gasteiger partial charge in [-0.1, -0.05) is 65.9 Å². The van der Waals surface area contributed by atoms with Gasteiger partial charge in [-0.2, -0.15) is 0 Å². The third kappa shape index (κ3) is 4.24. The Morgan fingerprint density at radius 3 is 2.54 bits per heavy atom. The standard InChI is InChI=1S/C33H24N2O5S/c1-39-21-13-10-20(11-14-21)30-26-16-12-19-6-2-3-7-23(19)29(26)34-33-35(30)31(36)28(41-33)18-22-15-17-27(40-22)24-8-4-5-9-25(24)32(37)38/h2-11,13-15,17-18,30H,12,16H2,1H3,(H,37,38)/b28-18-. The number of hydrogen-bond acceptors (Lipinski definition) is 6. The van der Waals surface area contributed by atoms with E-state index in [9.17, 15) is 14.7 Å². The van der Waals surface area contributed by atoms with E-state index in [-0.39, 0.29) is 17.2 Å². The highest BCUT2D eigenvalue weighted by atomic mass is 32.1. The summed E-state index contributed by atoms with van der Waals surface area (Å²) in [4.78, 5) is 31.4. The normalized spacial score (nSPS) is 16.0. The van der Waals surface area contributed by atoms with Gasteiger partial charge in [-0.05, 0) is 59.9 Å². The van der Waals surface area contributed by atoms with E-state index in [2.05, 4.69) is 18.2 Å². The number of benzene rings is 3. The molecule has 0 saturated heterocycles. The highest BCUT2D eigenvalue weighted by Gasteiger charge is 2.32. The van der Waals surface area contributed by atoms with Crippen LogP contribution in [0.15, 0.2) is 105 Å². The van der Waals surface area contributed by atoms with Gasteiger partial charge in [0.25, 0.3) is 5.56 Å². The first kappa shape index (κ1) is 25.0. The number of methoxy groups -OCH3 is 1. The van der Waals surface area contributed by atoms with Crippen molar-refractivity contribution in [2.24, 2.45) is 4.99 Å². The van der Waals surface area contributed by atoms with Crippen molar-refractivity contribution in [2.45, 2.75) is 18.9 Å². The number of thiazole rings is 1. The van der Waals surface area contributed by atoms with E-state index < -0.39 is 5.97 Å². The van der Waals surface area contributed by atoms with Crippen molar-refractivity contribution >= 4 is 29.1 Å². The largest absolute Gasteiger partial charge is 0.497 e. The fourth-order valence-electron chi connectivity index (χ4n) is 5.70. The Morgan fingerprint density at radius 1 is 1.00 bits per heavy atom. The van der Waals surface area contributed by atoms with Crippen molar-refractivity contribution in [3.63, 3.8) is 0 Å². The average molecular weight is 561 g/mol. The van der Waals surface area contributed by atoms with Crippen molar-refractivity contribution in [2.75, 3.05) is 7.11 Å².